The molecule has 0 saturated carbocycles. The maximum absolute atomic E-state index is 11.8. The molecule has 0 aliphatic heterocycles. The Morgan fingerprint density at radius 3 is 2.38 bits per heavy atom. The van der Waals surface area contributed by atoms with Gasteiger partial charge >= 0.3 is 5.97 Å². The second-order valence-electron chi connectivity index (χ2n) is 6.11. The largest absolute Gasteiger partial charge is 0.479 e. The van der Waals surface area contributed by atoms with Crippen LogP contribution in [0.4, 0.5) is 0 Å². The molecule has 6 heteroatoms. The maximum atomic E-state index is 11.8. The number of esters is 1. The zero-order valence-corrected chi connectivity index (χ0v) is 15.6. The molecule has 136 valence electrons. The third-order valence-electron chi connectivity index (χ3n) is 3.32. The molecule has 2 rings (SSSR count). The molecule has 1 atom stereocenters. The highest BCUT2D eigenvalue weighted by Crippen LogP contribution is 2.28. The van der Waals surface area contributed by atoms with E-state index in [9.17, 15) is 4.79 Å². The lowest BCUT2D eigenvalue weighted by molar-refractivity contribution is -0.152. The van der Waals surface area contributed by atoms with Crippen LogP contribution in [0.1, 0.15) is 26.3 Å². The minimum Gasteiger partial charge on any atom is -0.479 e. The topological polar surface area (TPSA) is 68.6 Å². The monoisotopic (exact) mass is 373 g/mol. The Hall–Kier alpha value is -2.71. The second-order valence-corrected chi connectivity index (χ2v) is 6.55. The van der Waals surface area contributed by atoms with E-state index >= 15 is 0 Å². The molecule has 0 spiro atoms. The third-order valence-corrected chi connectivity index (χ3v) is 3.55. The van der Waals surface area contributed by atoms with E-state index < -0.39 is 12.1 Å². The van der Waals surface area contributed by atoms with E-state index in [1.807, 2.05) is 19.9 Å². The lowest BCUT2D eigenvalue weighted by atomic mass is 10.2. The SMILES string of the molecule is CC(C)COC(=O)C(C)Oc1ccc(Oc2ccc(Cl)cc2C#N)cc1. The van der Waals surface area contributed by atoms with Crippen molar-refractivity contribution in [2.24, 2.45) is 5.92 Å². The normalized spacial score (nSPS) is 11.5. The summed E-state index contributed by atoms with van der Waals surface area (Å²) < 4.78 is 16.4. The van der Waals surface area contributed by atoms with Crippen molar-refractivity contribution in [3.63, 3.8) is 0 Å². The first-order chi connectivity index (χ1) is 12.4. The fourth-order valence-corrected chi connectivity index (χ4v) is 2.18. The molecule has 0 N–H and O–H groups in total. The van der Waals surface area contributed by atoms with Gasteiger partial charge in [-0.05, 0) is 55.3 Å². The van der Waals surface area contributed by atoms with Gasteiger partial charge < -0.3 is 14.2 Å². The van der Waals surface area contributed by atoms with Crippen LogP contribution in [-0.2, 0) is 9.53 Å². The van der Waals surface area contributed by atoms with Crippen LogP contribution in [0.2, 0.25) is 5.02 Å². The van der Waals surface area contributed by atoms with Gasteiger partial charge in [-0.25, -0.2) is 4.79 Å². The van der Waals surface area contributed by atoms with Crippen LogP contribution in [-0.4, -0.2) is 18.7 Å². The van der Waals surface area contributed by atoms with Gasteiger partial charge in [0.2, 0.25) is 0 Å². The summed E-state index contributed by atoms with van der Waals surface area (Å²) in [5.74, 6) is 1.33. The van der Waals surface area contributed by atoms with E-state index in [0.29, 0.717) is 34.4 Å². The fraction of sp³-hybridized carbons (Fsp3) is 0.300. The highest BCUT2D eigenvalue weighted by atomic mass is 35.5. The van der Waals surface area contributed by atoms with Crippen molar-refractivity contribution in [1.82, 2.24) is 0 Å². The van der Waals surface area contributed by atoms with Crippen LogP contribution in [0.15, 0.2) is 42.5 Å². The van der Waals surface area contributed by atoms with Gasteiger partial charge in [-0.3, -0.25) is 0 Å². The molecule has 5 nitrogen and oxygen atoms in total. The molecule has 0 saturated heterocycles. The molecule has 0 aliphatic carbocycles. The minimum atomic E-state index is -0.707. The van der Waals surface area contributed by atoms with Crippen molar-refractivity contribution in [3.05, 3.63) is 53.1 Å². The van der Waals surface area contributed by atoms with Crippen LogP contribution in [0.25, 0.3) is 0 Å². The Morgan fingerprint density at radius 1 is 1.12 bits per heavy atom. The summed E-state index contributed by atoms with van der Waals surface area (Å²) in [5.41, 5.74) is 0.347. The van der Waals surface area contributed by atoms with Gasteiger partial charge in [0.25, 0.3) is 0 Å². The molecule has 26 heavy (non-hydrogen) atoms. The van der Waals surface area contributed by atoms with Crippen molar-refractivity contribution in [3.8, 4) is 23.3 Å². The van der Waals surface area contributed by atoms with Gasteiger partial charge in [0.1, 0.15) is 23.3 Å². The van der Waals surface area contributed by atoms with Crippen molar-refractivity contribution in [2.45, 2.75) is 26.9 Å². The fourth-order valence-electron chi connectivity index (χ4n) is 2.01. The van der Waals surface area contributed by atoms with Gasteiger partial charge in [0.05, 0.1) is 12.2 Å². The van der Waals surface area contributed by atoms with Crippen LogP contribution < -0.4 is 9.47 Å². The molecule has 0 amide bonds. The maximum Gasteiger partial charge on any atom is 0.347 e. The van der Waals surface area contributed by atoms with Crippen LogP contribution >= 0.6 is 11.6 Å². The van der Waals surface area contributed by atoms with E-state index in [0.717, 1.165) is 0 Å². The molecule has 2 aromatic carbocycles. The average molecular weight is 374 g/mol. The first-order valence-electron chi connectivity index (χ1n) is 8.20. The predicted molar refractivity (Wildman–Crippen MR) is 98.6 cm³/mol. The second kappa shape index (κ2) is 9.12. The summed E-state index contributed by atoms with van der Waals surface area (Å²) in [6.45, 7) is 5.94. The first-order valence-corrected chi connectivity index (χ1v) is 8.57. The summed E-state index contributed by atoms with van der Waals surface area (Å²) in [6, 6.07) is 13.6. The average Bonchev–Trinajstić information content (AvgIpc) is 2.62. The number of carbonyl (C=O) groups excluding carboxylic acids is 1. The zero-order chi connectivity index (χ0) is 19.1. The number of rotatable bonds is 7. The third kappa shape index (κ3) is 5.68. The Balaban J connectivity index is 1.98. The molecular weight excluding hydrogens is 354 g/mol. The Labute approximate surface area is 158 Å². The van der Waals surface area contributed by atoms with Crippen molar-refractivity contribution in [1.29, 1.82) is 5.26 Å². The van der Waals surface area contributed by atoms with Crippen molar-refractivity contribution >= 4 is 17.6 Å². The summed E-state index contributed by atoms with van der Waals surface area (Å²) in [5, 5.41) is 9.61. The number of halogens is 1. The lowest BCUT2D eigenvalue weighted by Gasteiger charge is -2.15. The summed E-state index contributed by atoms with van der Waals surface area (Å²) in [6.07, 6.45) is -0.707. The molecule has 0 bridgehead atoms. The number of hydrogen-bond donors (Lipinski definition) is 0. The Kier molecular flexibility index (Phi) is 6.88. The predicted octanol–water partition coefficient (Wildman–Crippen LogP) is 4.97. The molecule has 0 heterocycles. The molecule has 0 aromatic heterocycles. The molecule has 0 fully saturated rings. The van der Waals surface area contributed by atoms with Gasteiger partial charge in [-0.15, -0.1) is 0 Å². The Bertz CT molecular complexity index is 796. The molecule has 0 aliphatic rings. The van der Waals surface area contributed by atoms with Crippen LogP contribution in [0, 0.1) is 17.2 Å². The quantitative estimate of drug-likeness (QED) is 0.641. The molecule has 2 aromatic rings. The van der Waals surface area contributed by atoms with Gasteiger partial charge in [-0.1, -0.05) is 25.4 Å². The summed E-state index contributed by atoms with van der Waals surface area (Å²) >= 11 is 5.87. The van der Waals surface area contributed by atoms with Crippen molar-refractivity contribution < 1.29 is 19.0 Å². The highest BCUT2D eigenvalue weighted by molar-refractivity contribution is 6.30. The van der Waals surface area contributed by atoms with Crippen LogP contribution in [0.3, 0.4) is 0 Å². The molecule has 1 unspecified atom stereocenters. The number of carbonyl (C=O) groups is 1. The highest BCUT2D eigenvalue weighted by Gasteiger charge is 2.17. The van der Waals surface area contributed by atoms with E-state index in [2.05, 4.69) is 0 Å². The van der Waals surface area contributed by atoms with E-state index in [1.54, 1.807) is 49.4 Å². The van der Waals surface area contributed by atoms with E-state index in [1.165, 1.54) is 0 Å². The van der Waals surface area contributed by atoms with Gasteiger partial charge in [0, 0.05) is 5.02 Å². The number of ether oxygens (including phenoxy) is 3. The number of nitriles is 1. The molecule has 0 radical (unpaired) electrons. The van der Waals surface area contributed by atoms with Gasteiger partial charge in [-0.2, -0.15) is 5.26 Å². The van der Waals surface area contributed by atoms with Gasteiger partial charge in [0.15, 0.2) is 6.10 Å². The summed E-state index contributed by atoms with van der Waals surface area (Å²) in [4.78, 5) is 11.8. The first kappa shape index (κ1) is 19.6. The van der Waals surface area contributed by atoms with Crippen molar-refractivity contribution in [2.75, 3.05) is 6.61 Å². The zero-order valence-electron chi connectivity index (χ0n) is 14.9. The standard InChI is InChI=1S/C20H20ClNO4/c1-13(2)12-24-20(23)14(3)25-17-5-7-18(8-6-17)26-19-9-4-16(21)10-15(19)11-22/h4-10,13-14H,12H2,1-3H3. The number of hydrogen-bond acceptors (Lipinski definition) is 5. The number of nitrogens with zero attached hydrogens (tertiary/aromatic N) is 1. The Morgan fingerprint density at radius 2 is 1.77 bits per heavy atom. The van der Waals surface area contributed by atoms with Crippen LogP contribution in [0.5, 0.6) is 17.2 Å². The molecular formula is C20H20ClNO4. The van der Waals surface area contributed by atoms with E-state index in [-0.39, 0.29) is 5.92 Å². The summed E-state index contributed by atoms with van der Waals surface area (Å²) in [7, 11) is 0. The number of benzene rings is 2. The minimum absolute atomic E-state index is 0.272. The lowest BCUT2D eigenvalue weighted by Crippen LogP contribution is -2.27. The smallest absolute Gasteiger partial charge is 0.347 e. The van der Waals surface area contributed by atoms with E-state index in [4.69, 9.17) is 31.1 Å².